The molecule has 0 fully saturated rings. The van der Waals surface area contributed by atoms with Gasteiger partial charge in [0.25, 0.3) is 0 Å². The van der Waals surface area contributed by atoms with Crippen molar-refractivity contribution in [3.8, 4) is 5.75 Å². The lowest BCUT2D eigenvalue weighted by molar-refractivity contribution is 0.403. The van der Waals surface area contributed by atoms with Gasteiger partial charge in [0.05, 0.1) is 6.04 Å². The van der Waals surface area contributed by atoms with E-state index in [9.17, 15) is 8.78 Å². The number of rotatable bonds is 2. The first kappa shape index (κ1) is 8.93. The number of halogens is 2. The van der Waals surface area contributed by atoms with Crippen molar-refractivity contribution in [2.75, 3.05) is 6.67 Å². The van der Waals surface area contributed by atoms with Gasteiger partial charge in [-0.3, -0.25) is 0 Å². The second-order valence-electron chi connectivity index (χ2n) is 2.44. The minimum absolute atomic E-state index is 0.00231. The summed E-state index contributed by atoms with van der Waals surface area (Å²) in [5, 5.41) is 8.89. The van der Waals surface area contributed by atoms with E-state index in [0.717, 1.165) is 0 Å². The normalized spacial score (nSPS) is 12.9. The van der Waals surface area contributed by atoms with Crippen LogP contribution in [0.25, 0.3) is 0 Å². The number of phenols is 1. The van der Waals surface area contributed by atoms with Crippen molar-refractivity contribution in [3.63, 3.8) is 0 Å². The Morgan fingerprint density at radius 1 is 1.50 bits per heavy atom. The standard InChI is InChI=1S/C8H9F2NO/c9-4-6(11)5-2-1-3-7(12)8(5)10/h1-3,6,12H,4,11H2. The van der Waals surface area contributed by atoms with Crippen LogP contribution < -0.4 is 5.73 Å². The summed E-state index contributed by atoms with van der Waals surface area (Å²) in [4.78, 5) is 0. The predicted octanol–water partition coefficient (Wildman–Crippen LogP) is 1.50. The highest BCUT2D eigenvalue weighted by molar-refractivity contribution is 5.31. The second-order valence-corrected chi connectivity index (χ2v) is 2.44. The molecular weight excluding hydrogens is 164 g/mol. The Balaban J connectivity index is 3.07. The molecule has 0 aliphatic rings. The average molecular weight is 173 g/mol. The van der Waals surface area contributed by atoms with E-state index in [4.69, 9.17) is 10.8 Å². The summed E-state index contributed by atoms with van der Waals surface area (Å²) in [5.41, 5.74) is 5.24. The number of phenolic OH excluding ortho intramolecular Hbond substituents is 1. The van der Waals surface area contributed by atoms with Crippen molar-refractivity contribution >= 4 is 0 Å². The monoisotopic (exact) mass is 173 g/mol. The van der Waals surface area contributed by atoms with Crippen LogP contribution in [0.3, 0.4) is 0 Å². The van der Waals surface area contributed by atoms with Gasteiger partial charge in [-0.2, -0.15) is 0 Å². The van der Waals surface area contributed by atoms with Gasteiger partial charge in [0.2, 0.25) is 0 Å². The summed E-state index contributed by atoms with van der Waals surface area (Å²) < 4.78 is 25.0. The molecular formula is C8H9F2NO. The van der Waals surface area contributed by atoms with Gasteiger partial charge < -0.3 is 10.8 Å². The van der Waals surface area contributed by atoms with Gasteiger partial charge in [-0.15, -0.1) is 0 Å². The molecule has 0 bridgehead atoms. The SMILES string of the molecule is NC(CF)c1cccc(O)c1F. The first-order valence-electron chi connectivity index (χ1n) is 3.45. The van der Waals surface area contributed by atoms with Crippen molar-refractivity contribution in [3.05, 3.63) is 29.6 Å². The minimum atomic E-state index is -1.00. The fraction of sp³-hybridized carbons (Fsp3) is 0.250. The molecule has 0 amide bonds. The third-order valence-electron chi connectivity index (χ3n) is 1.57. The number of alkyl halides is 1. The molecule has 0 aliphatic heterocycles. The van der Waals surface area contributed by atoms with Crippen LogP contribution in [0.1, 0.15) is 11.6 Å². The molecule has 0 radical (unpaired) electrons. The number of nitrogens with two attached hydrogens (primary N) is 1. The van der Waals surface area contributed by atoms with Crippen LogP contribution >= 0.6 is 0 Å². The van der Waals surface area contributed by atoms with Gasteiger partial charge in [-0.25, -0.2) is 8.78 Å². The Hall–Kier alpha value is -1.16. The highest BCUT2D eigenvalue weighted by Gasteiger charge is 2.13. The Labute approximate surface area is 68.6 Å². The number of hydrogen-bond donors (Lipinski definition) is 2. The fourth-order valence-corrected chi connectivity index (χ4v) is 0.907. The third kappa shape index (κ3) is 1.53. The van der Waals surface area contributed by atoms with Gasteiger partial charge in [0.15, 0.2) is 11.6 Å². The van der Waals surface area contributed by atoms with Crippen LogP contribution in [0, 0.1) is 5.82 Å². The first-order chi connectivity index (χ1) is 5.66. The molecule has 2 nitrogen and oxygen atoms in total. The Kier molecular flexibility index (Phi) is 2.60. The smallest absolute Gasteiger partial charge is 0.169 e. The van der Waals surface area contributed by atoms with Gasteiger partial charge >= 0.3 is 0 Å². The summed E-state index contributed by atoms with van der Waals surface area (Å²) in [6, 6.07) is 2.95. The lowest BCUT2D eigenvalue weighted by Gasteiger charge is -2.08. The van der Waals surface area contributed by atoms with E-state index in [0.29, 0.717) is 0 Å². The maximum Gasteiger partial charge on any atom is 0.169 e. The van der Waals surface area contributed by atoms with Crippen LogP contribution in [0.5, 0.6) is 5.75 Å². The number of aromatic hydroxyl groups is 1. The van der Waals surface area contributed by atoms with Crippen LogP contribution in [0.15, 0.2) is 18.2 Å². The van der Waals surface area contributed by atoms with Crippen molar-refractivity contribution in [2.24, 2.45) is 5.73 Å². The quantitative estimate of drug-likeness (QED) is 0.711. The zero-order valence-corrected chi connectivity index (χ0v) is 6.30. The Bertz CT molecular complexity index is 278. The first-order valence-corrected chi connectivity index (χ1v) is 3.45. The molecule has 1 unspecified atom stereocenters. The zero-order chi connectivity index (χ0) is 9.14. The molecule has 4 heteroatoms. The Morgan fingerprint density at radius 2 is 2.17 bits per heavy atom. The molecule has 0 aliphatic carbocycles. The summed E-state index contributed by atoms with van der Waals surface area (Å²) in [5.74, 6) is -1.35. The Morgan fingerprint density at radius 3 is 2.75 bits per heavy atom. The van der Waals surface area contributed by atoms with Gasteiger partial charge in [0.1, 0.15) is 6.67 Å². The van der Waals surface area contributed by atoms with Crippen LogP contribution in [-0.2, 0) is 0 Å². The second kappa shape index (κ2) is 3.49. The van der Waals surface area contributed by atoms with Crippen molar-refractivity contribution in [1.29, 1.82) is 0 Å². The van der Waals surface area contributed by atoms with E-state index in [1.807, 2.05) is 0 Å². The predicted molar refractivity (Wildman–Crippen MR) is 41.0 cm³/mol. The third-order valence-corrected chi connectivity index (χ3v) is 1.57. The van der Waals surface area contributed by atoms with Gasteiger partial charge in [-0.1, -0.05) is 12.1 Å². The summed E-state index contributed by atoms with van der Waals surface area (Å²) in [6.07, 6.45) is 0. The molecule has 0 saturated heterocycles. The molecule has 1 rings (SSSR count). The molecule has 1 aromatic rings. The minimum Gasteiger partial charge on any atom is -0.505 e. The summed E-state index contributed by atoms with van der Waals surface area (Å²) in [7, 11) is 0. The molecule has 0 heterocycles. The van der Waals surface area contributed by atoms with Crippen molar-refractivity contribution in [1.82, 2.24) is 0 Å². The highest BCUT2D eigenvalue weighted by Crippen LogP contribution is 2.22. The molecule has 66 valence electrons. The van der Waals surface area contributed by atoms with E-state index in [1.54, 1.807) is 0 Å². The molecule has 0 spiro atoms. The summed E-state index contributed by atoms with van der Waals surface area (Å²) >= 11 is 0. The fourth-order valence-electron chi connectivity index (χ4n) is 0.907. The number of benzene rings is 1. The van der Waals surface area contributed by atoms with Crippen LogP contribution in [-0.4, -0.2) is 11.8 Å². The van der Waals surface area contributed by atoms with E-state index >= 15 is 0 Å². The number of hydrogen-bond acceptors (Lipinski definition) is 2. The van der Waals surface area contributed by atoms with E-state index in [1.165, 1.54) is 18.2 Å². The molecule has 3 N–H and O–H groups in total. The van der Waals surface area contributed by atoms with Gasteiger partial charge in [-0.05, 0) is 6.07 Å². The topological polar surface area (TPSA) is 46.2 Å². The van der Waals surface area contributed by atoms with E-state index in [2.05, 4.69) is 0 Å². The van der Waals surface area contributed by atoms with E-state index < -0.39 is 24.3 Å². The molecule has 0 saturated carbocycles. The van der Waals surface area contributed by atoms with E-state index in [-0.39, 0.29) is 5.56 Å². The lowest BCUT2D eigenvalue weighted by Crippen LogP contribution is -2.13. The molecule has 1 atom stereocenters. The highest BCUT2D eigenvalue weighted by atomic mass is 19.1. The van der Waals surface area contributed by atoms with Crippen molar-refractivity contribution < 1.29 is 13.9 Å². The average Bonchev–Trinajstić information content (AvgIpc) is 2.08. The lowest BCUT2D eigenvalue weighted by atomic mass is 10.1. The molecule has 12 heavy (non-hydrogen) atoms. The maximum atomic E-state index is 12.9. The van der Waals surface area contributed by atoms with Crippen LogP contribution in [0.2, 0.25) is 0 Å². The summed E-state index contributed by atoms with van der Waals surface area (Å²) in [6.45, 7) is -0.847. The molecule has 0 aromatic heterocycles. The van der Waals surface area contributed by atoms with Gasteiger partial charge in [0, 0.05) is 5.56 Å². The maximum absolute atomic E-state index is 12.9. The van der Waals surface area contributed by atoms with Crippen molar-refractivity contribution in [2.45, 2.75) is 6.04 Å². The largest absolute Gasteiger partial charge is 0.505 e. The van der Waals surface area contributed by atoms with Crippen LogP contribution in [0.4, 0.5) is 8.78 Å². The molecule has 1 aromatic carbocycles. The zero-order valence-electron chi connectivity index (χ0n) is 6.30.